The second-order valence-electron chi connectivity index (χ2n) is 2.23. The van der Waals surface area contributed by atoms with Crippen LogP contribution in [0.15, 0.2) is 18.2 Å². The van der Waals surface area contributed by atoms with E-state index in [4.69, 9.17) is 19.4 Å². The van der Waals surface area contributed by atoms with Gasteiger partial charge in [0.15, 0.2) is 0 Å². The molecule has 0 atom stereocenters. The molecule has 0 amide bonds. The number of hydrogen-bond acceptors (Lipinski definition) is 2. The van der Waals surface area contributed by atoms with E-state index in [0.29, 0.717) is 0 Å². The normalized spacial score (nSPS) is 10.1. The first kappa shape index (κ1) is 15.7. The van der Waals surface area contributed by atoms with Gasteiger partial charge in [-0.25, -0.2) is 0 Å². The van der Waals surface area contributed by atoms with Crippen LogP contribution in [0.2, 0.25) is 5.02 Å². The SMILES string of the molecule is [B+2]c1cc(Cl)ccc1C(F)(F)F.[OH-].[OH-]. The second kappa shape index (κ2) is 5.24. The minimum atomic E-state index is -4.41. The Morgan fingerprint density at radius 3 is 2.00 bits per heavy atom. The van der Waals surface area contributed by atoms with Gasteiger partial charge in [0.2, 0.25) is 0 Å². The molecule has 76 valence electrons. The second-order valence-corrected chi connectivity index (χ2v) is 2.67. The van der Waals surface area contributed by atoms with Crippen LogP contribution in [0.5, 0.6) is 0 Å². The maximum Gasteiger partial charge on any atom is -0.870 e. The first-order valence-corrected chi connectivity index (χ1v) is 3.41. The molecule has 7 heteroatoms. The van der Waals surface area contributed by atoms with Crippen LogP contribution in [-0.4, -0.2) is 18.8 Å². The number of benzene rings is 1. The van der Waals surface area contributed by atoms with E-state index < -0.39 is 11.7 Å². The monoisotopic (exact) mass is 224 g/mol. The maximum absolute atomic E-state index is 12.1. The minimum absolute atomic E-state index is 0. The van der Waals surface area contributed by atoms with Crippen molar-refractivity contribution in [2.24, 2.45) is 0 Å². The number of alkyl halides is 3. The van der Waals surface area contributed by atoms with Crippen LogP contribution in [0.4, 0.5) is 13.2 Å². The zero-order chi connectivity index (χ0) is 9.35. The third-order valence-electron chi connectivity index (χ3n) is 1.32. The molecule has 1 rings (SSSR count). The standard InChI is InChI=1S/C7H3BClF3.2H2O/c8-6-3-4(9)1-2-5(6)7(10,11)12;;/h1-3H;2*1H2/q+2;;/p-2. The van der Waals surface area contributed by atoms with Gasteiger partial charge >= 0.3 is 73.0 Å². The Morgan fingerprint density at radius 2 is 1.64 bits per heavy atom. The van der Waals surface area contributed by atoms with Crippen LogP contribution in [0.3, 0.4) is 0 Å². The van der Waals surface area contributed by atoms with Gasteiger partial charge in [-0.3, -0.25) is 0 Å². The van der Waals surface area contributed by atoms with Gasteiger partial charge in [0.25, 0.3) is 0 Å². The van der Waals surface area contributed by atoms with Crippen molar-refractivity contribution in [1.29, 1.82) is 0 Å². The average molecular weight is 224 g/mol. The van der Waals surface area contributed by atoms with E-state index in [2.05, 4.69) is 0 Å². The first-order chi connectivity index (χ1) is 5.41. The summed E-state index contributed by atoms with van der Waals surface area (Å²) in [5.41, 5.74) is -1.21. The molecule has 0 saturated heterocycles. The molecular formula is C7H5BClF3O2. The summed E-state index contributed by atoms with van der Waals surface area (Å²) in [6.45, 7) is 0. The van der Waals surface area contributed by atoms with Gasteiger partial charge in [0.05, 0.1) is 0 Å². The maximum atomic E-state index is 12.1. The van der Waals surface area contributed by atoms with Crippen LogP contribution in [-0.2, 0) is 6.18 Å². The molecule has 0 bridgehead atoms. The molecule has 0 aliphatic carbocycles. The van der Waals surface area contributed by atoms with Crippen molar-refractivity contribution in [3.05, 3.63) is 28.8 Å². The van der Waals surface area contributed by atoms with Gasteiger partial charge in [0, 0.05) is 0 Å². The quantitative estimate of drug-likeness (QED) is 0.631. The molecule has 0 aliphatic heterocycles. The molecule has 14 heavy (non-hydrogen) atoms. The summed E-state index contributed by atoms with van der Waals surface area (Å²) in [5, 5.41) is 0.195. The fourth-order valence-corrected chi connectivity index (χ4v) is 0.972. The van der Waals surface area contributed by atoms with E-state index >= 15 is 0 Å². The molecule has 1 aromatic rings. The van der Waals surface area contributed by atoms with Gasteiger partial charge < -0.3 is 11.0 Å². The summed E-state index contributed by atoms with van der Waals surface area (Å²) in [6, 6.07) is 3.09. The Balaban J connectivity index is 0. The van der Waals surface area contributed by atoms with E-state index in [1.165, 1.54) is 0 Å². The van der Waals surface area contributed by atoms with Gasteiger partial charge in [-0.1, -0.05) is 0 Å². The number of rotatable bonds is 0. The molecule has 0 aromatic heterocycles. The molecule has 2 nitrogen and oxygen atoms in total. The summed E-state index contributed by atoms with van der Waals surface area (Å²) in [6.07, 6.45) is -4.41. The molecule has 0 heterocycles. The summed E-state index contributed by atoms with van der Waals surface area (Å²) in [5.74, 6) is 0. The smallest absolute Gasteiger partial charge is 0.870 e. The van der Waals surface area contributed by atoms with Crippen LogP contribution < -0.4 is 5.46 Å². The fraction of sp³-hybridized carbons (Fsp3) is 0.143. The summed E-state index contributed by atoms with van der Waals surface area (Å²) < 4.78 is 36.2. The largest absolute Gasteiger partial charge is 0.870 e. The molecule has 1 aromatic carbocycles. The fourth-order valence-electron chi connectivity index (χ4n) is 0.792. The Bertz CT molecular complexity index is 303. The predicted octanol–water partition coefficient (Wildman–Crippen LogP) is 1.80. The minimum Gasteiger partial charge on any atom is -0.870 e. The van der Waals surface area contributed by atoms with Crippen molar-refractivity contribution >= 4 is 24.9 Å². The average Bonchev–Trinajstić information content (AvgIpc) is 1.83. The summed E-state index contributed by atoms with van der Waals surface area (Å²) in [7, 11) is 5.10. The summed E-state index contributed by atoms with van der Waals surface area (Å²) in [4.78, 5) is 0. The Labute approximate surface area is 84.7 Å². The topological polar surface area (TPSA) is 60.0 Å². The van der Waals surface area contributed by atoms with Crippen molar-refractivity contribution in [3.8, 4) is 0 Å². The van der Waals surface area contributed by atoms with Crippen molar-refractivity contribution in [1.82, 2.24) is 0 Å². The molecule has 0 fully saturated rings. The van der Waals surface area contributed by atoms with Gasteiger partial charge in [-0.15, -0.1) is 0 Å². The Hall–Kier alpha value is -0.715. The third kappa shape index (κ3) is 3.57. The van der Waals surface area contributed by atoms with Gasteiger partial charge in [-0.05, 0) is 0 Å². The summed E-state index contributed by atoms with van der Waals surface area (Å²) >= 11 is 5.42. The van der Waals surface area contributed by atoms with Crippen LogP contribution in [0, 0.1) is 0 Å². The molecule has 0 spiro atoms. The van der Waals surface area contributed by atoms with Crippen LogP contribution in [0.25, 0.3) is 0 Å². The van der Waals surface area contributed by atoms with E-state index in [1.54, 1.807) is 0 Å². The van der Waals surface area contributed by atoms with Gasteiger partial charge in [0.1, 0.15) is 0 Å². The predicted molar refractivity (Wildman–Crippen MR) is 45.7 cm³/mol. The number of hydrogen-bond donors (Lipinski definition) is 0. The zero-order valence-corrected chi connectivity index (χ0v) is 7.47. The van der Waals surface area contributed by atoms with Crippen LogP contribution in [0.1, 0.15) is 5.56 Å². The van der Waals surface area contributed by atoms with E-state index in [9.17, 15) is 13.2 Å². The Morgan fingerprint density at radius 1 is 1.14 bits per heavy atom. The molecular weight excluding hydrogens is 219 g/mol. The first-order valence-electron chi connectivity index (χ1n) is 3.03. The van der Waals surface area contributed by atoms with Crippen molar-refractivity contribution in [2.75, 3.05) is 0 Å². The number of halogens is 4. The van der Waals surface area contributed by atoms with E-state index in [0.717, 1.165) is 18.2 Å². The van der Waals surface area contributed by atoms with Crippen LogP contribution >= 0.6 is 11.6 Å². The van der Waals surface area contributed by atoms with Gasteiger partial charge in [-0.2, -0.15) is 0 Å². The molecule has 2 N–H and O–H groups in total. The van der Waals surface area contributed by atoms with E-state index in [-0.39, 0.29) is 21.4 Å². The molecule has 0 aliphatic rings. The molecule has 0 radical (unpaired) electrons. The third-order valence-corrected chi connectivity index (χ3v) is 1.55. The van der Waals surface area contributed by atoms with Crippen molar-refractivity contribution < 1.29 is 24.1 Å². The zero-order valence-electron chi connectivity index (χ0n) is 6.72. The molecule has 0 unspecified atom stereocenters. The van der Waals surface area contributed by atoms with Crippen molar-refractivity contribution in [3.63, 3.8) is 0 Å². The van der Waals surface area contributed by atoms with E-state index in [1.807, 2.05) is 0 Å². The Kier molecular flexibility index (Phi) is 5.89. The molecule has 0 saturated carbocycles. The van der Waals surface area contributed by atoms with Crippen molar-refractivity contribution in [2.45, 2.75) is 6.18 Å².